The van der Waals surface area contributed by atoms with Crippen LogP contribution in [0.5, 0.6) is 5.75 Å². The number of sulfone groups is 1. The zero-order chi connectivity index (χ0) is 13.2. The predicted molar refractivity (Wildman–Crippen MR) is 57.0 cm³/mol. The van der Waals surface area contributed by atoms with Gasteiger partial charge in [0.25, 0.3) is 0 Å². The van der Waals surface area contributed by atoms with Crippen molar-refractivity contribution in [3.63, 3.8) is 0 Å². The summed E-state index contributed by atoms with van der Waals surface area (Å²) >= 11 is 0. The Labute approximate surface area is 96.4 Å². The van der Waals surface area contributed by atoms with E-state index in [-0.39, 0.29) is 5.75 Å². The first-order valence-electron chi connectivity index (χ1n) is 4.23. The summed E-state index contributed by atoms with van der Waals surface area (Å²) in [5.74, 6) is -1.56. The minimum absolute atomic E-state index is 0.336. The van der Waals surface area contributed by atoms with Gasteiger partial charge in [-0.15, -0.1) is 0 Å². The summed E-state index contributed by atoms with van der Waals surface area (Å²) < 4.78 is 40.8. The zero-order valence-corrected chi connectivity index (χ0v) is 9.53. The first-order valence-corrected chi connectivity index (χ1v) is 5.77. The van der Waals surface area contributed by atoms with Crippen molar-refractivity contribution in [2.24, 2.45) is 0 Å². The molecular weight excluding hydrogens is 253 g/mol. The molecule has 0 amide bonds. The van der Waals surface area contributed by atoms with E-state index in [1.165, 1.54) is 0 Å². The van der Waals surface area contributed by atoms with Gasteiger partial charge in [-0.3, -0.25) is 10.1 Å². The van der Waals surface area contributed by atoms with Crippen LogP contribution in [0.2, 0.25) is 0 Å². The van der Waals surface area contributed by atoms with Crippen molar-refractivity contribution < 1.29 is 22.5 Å². The van der Waals surface area contributed by atoms with Crippen molar-refractivity contribution in [1.29, 1.82) is 0 Å². The molecule has 0 heterocycles. The third-order valence-electron chi connectivity index (χ3n) is 1.96. The van der Waals surface area contributed by atoms with Gasteiger partial charge in [0.05, 0.1) is 18.1 Å². The van der Waals surface area contributed by atoms with E-state index in [4.69, 9.17) is 0 Å². The van der Waals surface area contributed by atoms with Gasteiger partial charge in [-0.1, -0.05) is 6.58 Å². The quantitative estimate of drug-likeness (QED) is 0.607. The standard InChI is InChI=1S/C9H8FNO5S/c1-3-17(14,15)9-5-8(16-2)7(11(12)13)4-6(9)10/h3-5H,1H2,2H3. The van der Waals surface area contributed by atoms with Crippen LogP contribution in [0.4, 0.5) is 10.1 Å². The molecule has 0 saturated heterocycles. The molecule has 6 nitrogen and oxygen atoms in total. The molecule has 0 aliphatic rings. The first-order chi connectivity index (χ1) is 7.83. The van der Waals surface area contributed by atoms with E-state index in [0.29, 0.717) is 11.5 Å². The average molecular weight is 261 g/mol. The van der Waals surface area contributed by atoms with Crippen LogP contribution in [0.25, 0.3) is 0 Å². The number of rotatable bonds is 4. The van der Waals surface area contributed by atoms with E-state index in [2.05, 4.69) is 11.3 Å². The maximum atomic E-state index is 13.4. The van der Waals surface area contributed by atoms with Crippen LogP contribution in [-0.4, -0.2) is 20.5 Å². The van der Waals surface area contributed by atoms with Crippen LogP contribution in [0.1, 0.15) is 0 Å². The molecule has 92 valence electrons. The van der Waals surface area contributed by atoms with Crippen molar-refractivity contribution in [2.45, 2.75) is 4.90 Å². The highest BCUT2D eigenvalue weighted by molar-refractivity contribution is 7.94. The number of hydrogen-bond donors (Lipinski definition) is 0. The molecule has 8 heteroatoms. The summed E-state index contributed by atoms with van der Waals surface area (Å²) in [6, 6.07) is 1.25. The number of nitrogens with zero attached hydrogens (tertiary/aromatic N) is 1. The molecule has 1 aromatic rings. The fraction of sp³-hybridized carbons (Fsp3) is 0.111. The van der Waals surface area contributed by atoms with Crippen molar-refractivity contribution in [3.8, 4) is 5.75 Å². The van der Waals surface area contributed by atoms with Gasteiger partial charge < -0.3 is 4.74 Å². The molecule has 0 atom stereocenters. The maximum Gasteiger partial charge on any atom is 0.313 e. The van der Waals surface area contributed by atoms with Crippen LogP contribution in [-0.2, 0) is 9.84 Å². The molecule has 0 unspecified atom stereocenters. The second-order valence-corrected chi connectivity index (χ2v) is 4.79. The fourth-order valence-corrected chi connectivity index (χ4v) is 1.92. The summed E-state index contributed by atoms with van der Waals surface area (Å²) in [5.41, 5.74) is -0.645. The van der Waals surface area contributed by atoms with Gasteiger partial charge >= 0.3 is 5.69 Å². The van der Waals surface area contributed by atoms with Crippen molar-refractivity contribution in [1.82, 2.24) is 0 Å². The molecule has 0 spiro atoms. The Kier molecular flexibility index (Phi) is 3.47. The zero-order valence-electron chi connectivity index (χ0n) is 8.71. The first kappa shape index (κ1) is 13.1. The second-order valence-electron chi connectivity index (χ2n) is 2.92. The predicted octanol–water partition coefficient (Wildman–Crippen LogP) is 1.66. The Morgan fingerprint density at radius 2 is 2.12 bits per heavy atom. The number of nitro benzene ring substituents is 1. The lowest BCUT2D eigenvalue weighted by atomic mass is 10.3. The molecular formula is C9H8FNO5S. The summed E-state index contributed by atoms with van der Waals surface area (Å²) in [6.45, 7) is 3.03. The molecule has 17 heavy (non-hydrogen) atoms. The van der Waals surface area contributed by atoms with E-state index in [9.17, 15) is 22.9 Å². The lowest BCUT2D eigenvalue weighted by Gasteiger charge is -2.05. The van der Waals surface area contributed by atoms with Gasteiger partial charge in [-0.2, -0.15) is 0 Å². The third-order valence-corrected chi connectivity index (χ3v) is 3.32. The largest absolute Gasteiger partial charge is 0.490 e. The Hall–Kier alpha value is -1.96. The molecule has 0 radical (unpaired) electrons. The Balaban J connectivity index is 3.59. The summed E-state index contributed by atoms with van der Waals surface area (Å²) in [6.07, 6.45) is 0. The molecule has 0 aromatic heterocycles. The van der Waals surface area contributed by atoms with Crippen LogP contribution in [0.3, 0.4) is 0 Å². The topological polar surface area (TPSA) is 86.5 Å². The van der Waals surface area contributed by atoms with Crippen molar-refractivity contribution in [2.75, 3.05) is 7.11 Å². The van der Waals surface area contributed by atoms with Gasteiger partial charge in [0.2, 0.25) is 9.84 Å². The highest BCUT2D eigenvalue weighted by Gasteiger charge is 2.24. The molecule has 0 aliphatic heterocycles. The second kappa shape index (κ2) is 4.50. The molecule has 1 aromatic carbocycles. The molecule has 0 aliphatic carbocycles. The number of benzene rings is 1. The number of hydrogen-bond acceptors (Lipinski definition) is 5. The number of halogens is 1. The Morgan fingerprint density at radius 1 is 1.53 bits per heavy atom. The maximum absolute atomic E-state index is 13.4. The van der Waals surface area contributed by atoms with E-state index in [1.807, 2.05) is 0 Å². The molecule has 0 saturated carbocycles. The minimum atomic E-state index is -4.02. The summed E-state index contributed by atoms with van der Waals surface area (Å²) in [7, 11) is -2.90. The lowest BCUT2D eigenvalue weighted by molar-refractivity contribution is -0.386. The molecule has 0 fully saturated rings. The van der Waals surface area contributed by atoms with E-state index in [0.717, 1.165) is 13.2 Å². The van der Waals surface area contributed by atoms with Gasteiger partial charge in [-0.25, -0.2) is 12.8 Å². The monoisotopic (exact) mass is 261 g/mol. The van der Waals surface area contributed by atoms with Gasteiger partial charge in [-0.05, 0) is 0 Å². The summed E-state index contributed by atoms with van der Waals surface area (Å²) in [4.78, 5) is 8.97. The van der Waals surface area contributed by atoms with Crippen LogP contribution < -0.4 is 4.74 Å². The smallest absolute Gasteiger partial charge is 0.313 e. The van der Waals surface area contributed by atoms with Gasteiger partial charge in [0.1, 0.15) is 10.7 Å². The number of nitro groups is 1. The molecule has 1 rings (SSSR count). The summed E-state index contributed by atoms with van der Waals surface area (Å²) in [5, 5.41) is 11.1. The molecule has 0 bridgehead atoms. The van der Waals surface area contributed by atoms with E-state index < -0.39 is 31.2 Å². The fourth-order valence-electron chi connectivity index (χ4n) is 1.14. The van der Waals surface area contributed by atoms with Crippen LogP contribution >= 0.6 is 0 Å². The van der Waals surface area contributed by atoms with Crippen LogP contribution in [0, 0.1) is 15.9 Å². The normalized spacial score (nSPS) is 10.9. The Bertz CT molecular complexity index is 581. The number of methoxy groups -OCH3 is 1. The number of ether oxygens (including phenoxy) is 1. The van der Waals surface area contributed by atoms with Gasteiger partial charge in [0.15, 0.2) is 5.75 Å². The highest BCUT2D eigenvalue weighted by Crippen LogP contribution is 2.32. The van der Waals surface area contributed by atoms with Crippen molar-refractivity contribution >= 4 is 15.5 Å². The average Bonchev–Trinajstić information content (AvgIpc) is 2.28. The third kappa shape index (κ3) is 2.41. The van der Waals surface area contributed by atoms with Crippen LogP contribution in [0.15, 0.2) is 29.0 Å². The highest BCUT2D eigenvalue weighted by atomic mass is 32.2. The van der Waals surface area contributed by atoms with Gasteiger partial charge in [0, 0.05) is 11.5 Å². The van der Waals surface area contributed by atoms with E-state index in [1.54, 1.807) is 0 Å². The lowest BCUT2D eigenvalue weighted by Crippen LogP contribution is -2.03. The Morgan fingerprint density at radius 3 is 2.53 bits per heavy atom. The molecule has 0 N–H and O–H groups in total. The minimum Gasteiger partial charge on any atom is -0.490 e. The SMILES string of the molecule is C=CS(=O)(=O)c1cc(OC)c([N+](=O)[O-])cc1F. The van der Waals surface area contributed by atoms with E-state index >= 15 is 0 Å². The van der Waals surface area contributed by atoms with Crippen molar-refractivity contribution in [3.05, 3.63) is 40.1 Å².